The van der Waals surface area contributed by atoms with Crippen molar-refractivity contribution >= 4 is 0 Å². The molecule has 1 aromatic carbocycles. The summed E-state index contributed by atoms with van der Waals surface area (Å²) in [6.45, 7) is 0.820. The molecule has 3 heteroatoms. The molecule has 88 valence electrons. The Bertz CT molecular complexity index is 500. The van der Waals surface area contributed by atoms with Crippen molar-refractivity contribution in [3.8, 4) is 0 Å². The van der Waals surface area contributed by atoms with Crippen molar-refractivity contribution in [3.05, 3.63) is 53.9 Å². The van der Waals surface area contributed by atoms with Crippen LogP contribution in [-0.2, 0) is 16.9 Å². The fraction of sp³-hybridized carbons (Fsp3) is 0.357. The van der Waals surface area contributed by atoms with E-state index in [1.54, 1.807) is 7.11 Å². The molecular weight excluding hydrogens is 212 g/mol. The highest BCUT2D eigenvalue weighted by molar-refractivity contribution is 5.23. The second kappa shape index (κ2) is 4.00. The Morgan fingerprint density at radius 2 is 2.06 bits per heavy atom. The van der Waals surface area contributed by atoms with Crippen LogP contribution in [-0.4, -0.2) is 16.9 Å². The maximum atomic E-state index is 5.55. The molecule has 0 amide bonds. The standard InChI is InChI=1S/C14H16N2O/c1-17-14(7-8-14)13-9-15-16(11-13)10-12-5-3-2-4-6-12/h2-6,9,11H,7-8,10H2,1H3. The van der Waals surface area contributed by atoms with E-state index < -0.39 is 0 Å². The molecular formula is C14H16N2O. The third-order valence-electron chi connectivity index (χ3n) is 3.44. The summed E-state index contributed by atoms with van der Waals surface area (Å²) >= 11 is 0. The van der Waals surface area contributed by atoms with Crippen LogP contribution in [0.3, 0.4) is 0 Å². The van der Waals surface area contributed by atoms with Gasteiger partial charge in [0.1, 0.15) is 0 Å². The molecule has 3 nitrogen and oxygen atoms in total. The SMILES string of the molecule is COC1(c2cnn(Cc3ccccc3)c2)CC1. The van der Waals surface area contributed by atoms with E-state index in [4.69, 9.17) is 4.74 Å². The number of methoxy groups -OCH3 is 1. The van der Waals surface area contributed by atoms with Gasteiger partial charge in [0.25, 0.3) is 0 Å². The fourth-order valence-electron chi connectivity index (χ4n) is 2.18. The van der Waals surface area contributed by atoms with Crippen molar-refractivity contribution in [2.75, 3.05) is 7.11 Å². The molecule has 1 heterocycles. The van der Waals surface area contributed by atoms with Gasteiger partial charge in [0.05, 0.1) is 18.3 Å². The first-order chi connectivity index (χ1) is 8.32. The van der Waals surface area contributed by atoms with Crippen molar-refractivity contribution in [2.45, 2.75) is 25.0 Å². The number of rotatable bonds is 4. The van der Waals surface area contributed by atoms with Crippen LogP contribution in [0.1, 0.15) is 24.0 Å². The van der Waals surface area contributed by atoms with E-state index in [-0.39, 0.29) is 5.60 Å². The summed E-state index contributed by atoms with van der Waals surface area (Å²) in [6.07, 6.45) is 6.25. The van der Waals surface area contributed by atoms with Crippen molar-refractivity contribution in [1.82, 2.24) is 9.78 Å². The maximum Gasteiger partial charge on any atom is 0.0960 e. The topological polar surface area (TPSA) is 27.1 Å². The highest BCUT2D eigenvalue weighted by Gasteiger charge is 2.45. The molecule has 1 aromatic heterocycles. The summed E-state index contributed by atoms with van der Waals surface area (Å²) in [5.74, 6) is 0. The van der Waals surface area contributed by atoms with Gasteiger partial charge in [-0.2, -0.15) is 5.10 Å². The van der Waals surface area contributed by atoms with Crippen LogP contribution in [0.5, 0.6) is 0 Å². The average molecular weight is 228 g/mol. The van der Waals surface area contributed by atoms with Gasteiger partial charge in [-0.3, -0.25) is 4.68 Å². The van der Waals surface area contributed by atoms with E-state index in [0.29, 0.717) is 0 Å². The van der Waals surface area contributed by atoms with Gasteiger partial charge < -0.3 is 4.74 Å². The van der Waals surface area contributed by atoms with Crippen molar-refractivity contribution in [2.24, 2.45) is 0 Å². The molecule has 0 saturated heterocycles. The van der Waals surface area contributed by atoms with Gasteiger partial charge in [-0.05, 0) is 18.4 Å². The molecule has 3 rings (SSSR count). The lowest BCUT2D eigenvalue weighted by molar-refractivity contribution is 0.0788. The average Bonchev–Trinajstić information content (AvgIpc) is 3.05. The Labute approximate surface area is 101 Å². The smallest absolute Gasteiger partial charge is 0.0960 e. The minimum Gasteiger partial charge on any atom is -0.373 e. The van der Waals surface area contributed by atoms with E-state index in [1.165, 1.54) is 11.1 Å². The predicted octanol–water partition coefficient (Wildman–Crippen LogP) is 2.57. The molecule has 1 aliphatic rings. The molecule has 17 heavy (non-hydrogen) atoms. The Hall–Kier alpha value is -1.61. The van der Waals surface area contributed by atoms with E-state index in [0.717, 1.165) is 19.4 Å². The van der Waals surface area contributed by atoms with Gasteiger partial charge in [-0.25, -0.2) is 0 Å². The zero-order valence-corrected chi connectivity index (χ0v) is 9.97. The molecule has 0 aliphatic heterocycles. The van der Waals surface area contributed by atoms with Gasteiger partial charge in [0.2, 0.25) is 0 Å². The summed E-state index contributed by atoms with van der Waals surface area (Å²) in [4.78, 5) is 0. The molecule has 0 spiro atoms. The Balaban J connectivity index is 1.77. The molecule has 2 aromatic rings. The largest absolute Gasteiger partial charge is 0.373 e. The van der Waals surface area contributed by atoms with Gasteiger partial charge in [-0.15, -0.1) is 0 Å². The van der Waals surface area contributed by atoms with E-state index in [9.17, 15) is 0 Å². The fourth-order valence-corrected chi connectivity index (χ4v) is 2.18. The summed E-state index contributed by atoms with van der Waals surface area (Å²) in [7, 11) is 1.78. The van der Waals surface area contributed by atoms with E-state index >= 15 is 0 Å². The van der Waals surface area contributed by atoms with Crippen LogP contribution in [0.4, 0.5) is 0 Å². The highest BCUT2D eigenvalue weighted by Crippen LogP contribution is 2.48. The van der Waals surface area contributed by atoms with Gasteiger partial charge in [0.15, 0.2) is 0 Å². The summed E-state index contributed by atoms with van der Waals surface area (Å²) in [5, 5.41) is 4.40. The lowest BCUT2D eigenvalue weighted by atomic mass is 10.2. The second-order valence-electron chi connectivity index (χ2n) is 4.61. The van der Waals surface area contributed by atoms with E-state index in [2.05, 4.69) is 35.6 Å². The number of ether oxygens (including phenoxy) is 1. The number of aromatic nitrogens is 2. The molecule has 1 saturated carbocycles. The number of hydrogen-bond donors (Lipinski definition) is 0. The summed E-state index contributed by atoms with van der Waals surface area (Å²) in [6, 6.07) is 10.4. The zero-order valence-electron chi connectivity index (χ0n) is 9.97. The first kappa shape index (κ1) is 10.5. The molecule has 0 atom stereocenters. The lowest BCUT2D eigenvalue weighted by Crippen LogP contribution is -2.07. The first-order valence-corrected chi connectivity index (χ1v) is 5.94. The van der Waals surface area contributed by atoms with Gasteiger partial charge in [0, 0.05) is 18.9 Å². The molecule has 0 unspecified atom stereocenters. The lowest BCUT2D eigenvalue weighted by Gasteiger charge is -2.09. The normalized spacial score (nSPS) is 17.0. The minimum atomic E-state index is -0.0328. The van der Waals surface area contributed by atoms with Gasteiger partial charge in [-0.1, -0.05) is 30.3 Å². The summed E-state index contributed by atoms with van der Waals surface area (Å²) < 4.78 is 7.52. The second-order valence-corrected chi connectivity index (χ2v) is 4.61. The van der Waals surface area contributed by atoms with Crippen LogP contribution >= 0.6 is 0 Å². The van der Waals surface area contributed by atoms with Crippen LogP contribution in [0.2, 0.25) is 0 Å². The molecule has 1 aliphatic carbocycles. The Morgan fingerprint density at radius 1 is 1.29 bits per heavy atom. The third kappa shape index (κ3) is 1.98. The Kier molecular flexibility index (Phi) is 2.48. The highest BCUT2D eigenvalue weighted by atomic mass is 16.5. The Morgan fingerprint density at radius 3 is 2.71 bits per heavy atom. The molecule has 0 radical (unpaired) electrons. The summed E-state index contributed by atoms with van der Waals surface area (Å²) in [5.41, 5.74) is 2.44. The molecule has 0 bridgehead atoms. The minimum absolute atomic E-state index is 0.0328. The van der Waals surface area contributed by atoms with Crippen LogP contribution in [0.25, 0.3) is 0 Å². The van der Waals surface area contributed by atoms with Crippen molar-refractivity contribution in [3.63, 3.8) is 0 Å². The number of hydrogen-bond acceptors (Lipinski definition) is 2. The van der Waals surface area contributed by atoms with Crippen LogP contribution in [0, 0.1) is 0 Å². The quantitative estimate of drug-likeness (QED) is 0.804. The third-order valence-corrected chi connectivity index (χ3v) is 3.44. The van der Waals surface area contributed by atoms with Gasteiger partial charge >= 0.3 is 0 Å². The monoisotopic (exact) mass is 228 g/mol. The zero-order chi connectivity index (χ0) is 11.7. The predicted molar refractivity (Wildman–Crippen MR) is 65.7 cm³/mol. The van der Waals surface area contributed by atoms with Crippen LogP contribution < -0.4 is 0 Å². The van der Waals surface area contributed by atoms with Crippen molar-refractivity contribution in [1.29, 1.82) is 0 Å². The first-order valence-electron chi connectivity index (χ1n) is 5.94. The number of nitrogens with zero attached hydrogens (tertiary/aromatic N) is 2. The molecule has 1 fully saturated rings. The molecule has 0 N–H and O–H groups in total. The van der Waals surface area contributed by atoms with Crippen LogP contribution in [0.15, 0.2) is 42.7 Å². The van der Waals surface area contributed by atoms with E-state index in [1.807, 2.05) is 16.9 Å². The number of benzene rings is 1. The van der Waals surface area contributed by atoms with Crippen molar-refractivity contribution < 1.29 is 4.74 Å². The maximum absolute atomic E-state index is 5.55.